The van der Waals surface area contributed by atoms with Crippen LogP contribution < -0.4 is 0 Å². The lowest BCUT2D eigenvalue weighted by atomic mass is 9.88. The molecule has 3 heterocycles. The van der Waals surface area contributed by atoms with Gasteiger partial charge in [-0.25, -0.2) is 4.79 Å². The van der Waals surface area contributed by atoms with Crippen LogP contribution in [-0.4, -0.2) is 23.3 Å². The average molecular weight is 224 g/mol. The molecule has 2 aliphatic heterocycles. The van der Waals surface area contributed by atoms with Crippen LogP contribution in [0.25, 0.3) is 0 Å². The van der Waals surface area contributed by atoms with Crippen LogP contribution in [0, 0.1) is 0 Å². The lowest BCUT2D eigenvalue weighted by Crippen LogP contribution is -2.12. The molecule has 2 bridgehead atoms. The van der Waals surface area contributed by atoms with Crippen molar-refractivity contribution in [3.63, 3.8) is 0 Å². The molecular formula is C11H12O3S. The topological polar surface area (TPSA) is 46.5 Å². The van der Waals surface area contributed by atoms with Crippen LogP contribution in [0.4, 0.5) is 0 Å². The second-order valence-electron chi connectivity index (χ2n) is 4.22. The Bertz CT molecular complexity index is 398. The Hall–Kier alpha value is -0.870. The highest BCUT2D eigenvalue weighted by Gasteiger charge is 2.42. The van der Waals surface area contributed by atoms with E-state index in [1.54, 1.807) is 6.07 Å². The van der Waals surface area contributed by atoms with E-state index in [4.69, 9.17) is 9.84 Å². The summed E-state index contributed by atoms with van der Waals surface area (Å²) in [4.78, 5) is 12.4. The molecule has 3 rings (SSSR count). The predicted molar refractivity (Wildman–Crippen MR) is 56.5 cm³/mol. The molecule has 3 unspecified atom stereocenters. The van der Waals surface area contributed by atoms with Gasteiger partial charge >= 0.3 is 5.97 Å². The molecule has 2 saturated heterocycles. The van der Waals surface area contributed by atoms with Gasteiger partial charge in [0.05, 0.1) is 12.2 Å². The van der Waals surface area contributed by atoms with E-state index in [1.807, 2.05) is 6.07 Å². The maximum absolute atomic E-state index is 10.8. The van der Waals surface area contributed by atoms with E-state index in [1.165, 1.54) is 22.6 Å². The fraction of sp³-hybridized carbons (Fsp3) is 0.545. The maximum Gasteiger partial charge on any atom is 0.345 e. The molecule has 4 heteroatoms. The molecule has 3 atom stereocenters. The number of carbonyl (C=O) groups is 1. The van der Waals surface area contributed by atoms with E-state index >= 15 is 0 Å². The smallest absolute Gasteiger partial charge is 0.345 e. The number of aromatic carboxylic acids is 1. The number of hydrogen-bond donors (Lipinski definition) is 1. The van der Waals surface area contributed by atoms with Gasteiger partial charge < -0.3 is 9.84 Å². The fourth-order valence-corrected chi connectivity index (χ4v) is 3.62. The van der Waals surface area contributed by atoms with Gasteiger partial charge in [-0.1, -0.05) is 0 Å². The first-order chi connectivity index (χ1) is 7.24. The van der Waals surface area contributed by atoms with Crippen LogP contribution in [-0.2, 0) is 4.74 Å². The molecular weight excluding hydrogens is 212 g/mol. The number of carboxylic acids is 1. The Balaban J connectivity index is 1.84. The molecule has 1 N–H and O–H groups in total. The number of carboxylic acid groups (broad SMARTS) is 1. The van der Waals surface area contributed by atoms with E-state index in [0.29, 0.717) is 23.0 Å². The number of ether oxygens (including phenoxy) is 1. The van der Waals surface area contributed by atoms with Gasteiger partial charge in [0, 0.05) is 10.8 Å². The molecule has 2 fully saturated rings. The Morgan fingerprint density at radius 3 is 2.87 bits per heavy atom. The van der Waals surface area contributed by atoms with E-state index in [2.05, 4.69) is 0 Å². The van der Waals surface area contributed by atoms with Gasteiger partial charge in [-0.3, -0.25) is 0 Å². The van der Waals surface area contributed by atoms with Crippen LogP contribution in [0.1, 0.15) is 39.7 Å². The summed E-state index contributed by atoms with van der Waals surface area (Å²) in [6.45, 7) is 0. The van der Waals surface area contributed by atoms with Crippen LogP contribution in [0.5, 0.6) is 0 Å². The summed E-state index contributed by atoms with van der Waals surface area (Å²) in [6.07, 6.45) is 4.16. The highest BCUT2D eigenvalue weighted by molar-refractivity contribution is 7.14. The summed E-state index contributed by atoms with van der Waals surface area (Å²) < 4.78 is 5.77. The van der Waals surface area contributed by atoms with Crippen molar-refractivity contribution in [1.82, 2.24) is 0 Å². The minimum Gasteiger partial charge on any atom is -0.477 e. The van der Waals surface area contributed by atoms with Crippen LogP contribution in [0.3, 0.4) is 0 Å². The van der Waals surface area contributed by atoms with Crippen molar-refractivity contribution in [1.29, 1.82) is 0 Å². The van der Waals surface area contributed by atoms with Crippen molar-refractivity contribution in [3.8, 4) is 0 Å². The number of hydrogen-bond acceptors (Lipinski definition) is 3. The van der Waals surface area contributed by atoms with Crippen molar-refractivity contribution in [2.24, 2.45) is 0 Å². The van der Waals surface area contributed by atoms with Crippen LogP contribution in [0.2, 0.25) is 0 Å². The maximum atomic E-state index is 10.8. The molecule has 80 valence electrons. The molecule has 0 spiro atoms. The summed E-state index contributed by atoms with van der Waals surface area (Å²) in [6, 6.07) is 3.65. The zero-order valence-corrected chi connectivity index (χ0v) is 9.00. The fourth-order valence-electron chi connectivity index (χ4n) is 2.60. The molecule has 1 aromatic heterocycles. The Labute approximate surface area is 91.7 Å². The molecule has 0 amide bonds. The quantitative estimate of drug-likeness (QED) is 0.839. The number of fused-ring (bicyclic) bond motifs is 2. The molecule has 1 aromatic rings. The lowest BCUT2D eigenvalue weighted by molar-refractivity contribution is 0.0702. The SMILES string of the molecule is O=C(O)c1ccc(C2CC3CCC2O3)s1. The Kier molecular flexibility index (Phi) is 2.07. The van der Waals surface area contributed by atoms with Gasteiger partial charge in [-0.15, -0.1) is 11.3 Å². The lowest BCUT2D eigenvalue weighted by Gasteiger charge is -2.16. The van der Waals surface area contributed by atoms with Gasteiger partial charge in [0.1, 0.15) is 4.88 Å². The van der Waals surface area contributed by atoms with E-state index in [9.17, 15) is 4.79 Å². The molecule has 0 radical (unpaired) electrons. The molecule has 3 nitrogen and oxygen atoms in total. The minimum atomic E-state index is -0.824. The summed E-state index contributed by atoms with van der Waals surface area (Å²) in [5, 5.41) is 8.85. The van der Waals surface area contributed by atoms with Gasteiger partial charge in [0.25, 0.3) is 0 Å². The molecule has 0 saturated carbocycles. The average Bonchev–Trinajstić information content (AvgIpc) is 2.93. The van der Waals surface area contributed by atoms with Gasteiger partial charge in [-0.2, -0.15) is 0 Å². The first-order valence-corrected chi connectivity index (χ1v) is 6.04. The monoisotopic (exact) mass is 224 g/mol. The third-order valence-electron chi connectivity index (χ3n) is 3.31. The Morgan fingerprint density at radius 2 is 2.33 bits per heavy atom. The number of rotatable bonds is 2. The first-order valence-electron chi connectivity index (χ1n) is 5.22. The molecule has 0 aliphatic carbocycles. The van der Waals surface area contributed by atoms with E-state index in [0.717, 1.165) is 12.8 Å². The third kappa shape index (κ3) is 1.48. The van der Waals surface area contributed by atoms with E-state index in [-0.39, 0.29) is 0 Å². The molecule has 2 aliphatic rings. The highest BCUT2D eigenvalue weighted by Crippen LogP contribution is 2.46. The minimum absolute atomic E-state index is 0.343. The summed E-state index contributed by atoms with van der Waals surface area (Å²) in [5.74, 6) is -0.378. The van der Waals surface area contributed by atoms with Gasteiger partial charge in [-0.05, 0) is 31.4 Å². The summed E-state index contributed by atoms with van der Waals surface area (Å²) in [5.41, 5.74) is 0. The second kappa shape index (κ2) is 3.32. The predicted octanol–water partition coefficient (Wildman–Crippen LogP) is 2.48. The standard InChI is InChI=1S/C11H12O3S/c12-11(13)10-4-3-9(15-10)7-5-6-1-2-8(7)14-6/h3-4,6-8H,1-2,5H2,(H,12,13). The molecule has 15 heavy (non-hydrogen) atoms. The van der Waals surface area contributed by atoms with Crippen molar-refractivity contribution in [2.45, 2.75) is 37.4 Å². The summed E-state index contributed by atoms with van der Waals surface area (Å²) in [7, 11) is 0. The third-order valence-corrected chi connectivity index (χ3v) is 4.51. The normalized spacial score (nSPS) is 33.5. The van der Waals surface area contributed by atoms with Gasteiger partial charge in [0.15, 0.2) is 0 Å². The van der Waals surface area contributed by atoms with Crippen molar-refractivity contribution >= 4 is 17.3 Å². The first kappa shape index (κ1) is 9.36. The van der Waals surface area contributed by atoms with Crippen molar-refractivity contribution < 1.29 is 14.6 Å². The molecule has 0 aromatic carbocycles. The van der Waals surface area contributed by atoms with E-state index < -0.39 is 5.97 Å². The number of thiophene rings is 1. The highest BCUT2D eigenvalue weighted by atomic mass is 32.1. The Morgan fingerprint density at radius 1 is 1.47 bits per heavy atom. The van der Waals surface area contributed by atoms with Crippen LogP contribution in [0.15, 0.2) is 12.1 Å². The zero-order chi connectivity index (χ0) is 10.4. The van der Waals surface area contributed by atoms with Gasteiger partial charge in [0.2, 0.25) is 0 Å². The summed E-state index contributed by atoms with van der Waals surface area (Å²) >= 11 is 1.40. The second-order valence-corrected chi connectivity index (χ2v) is 5.34. The van der Waals surface area contributed by atoms with Crippen LogP contribution >= 0.6 is 11.3 Å². The largest absolute Gasteiger partial charge is 0.477 e. The zero-order valence-electron chi connectivity index (χ0n) is 8.18. The van der Waals surface area contributed by atoms with Crippen molar-refractivity contribution in [2.75, 3.05) is 0 Å². The van der Waals surface area contributed by atoms with Crippen molar-refractivity contribution in [3.05, 3.63) is 21.9 Å².